The van der Waals surface area contributed by atoms with E-state index in [1.165, 1.54) is 25.7 Å². The minimum atomic E-state index is -0.0777. The molecule has 1 heterocycles. The van der Waals surface area contributed by atoms with Crippen LogP contribution >= 0.6 is 0 Å². The normalized spacial score (nSPS) is 28.3. The van der Waals surface area contributed by atoms with Crippen LogP contribution in [0.1, 0.15) is 58.8 Å². The molecule has 1 aliphatic rings. The number of unbranched alkanes of at least 4 members (excludes halogenated alkanes) is 2. The Bertz CT molecular complexity index is 191. The second kappa shape index (κ2) is 5.38. The number of carbonyl (C=O) groups excluding carboxylic acids is 1. The van der Waals surface area contributed by atoms with Crippen molar-refractivity contribution < 1.29 is 4.79 Å². The molecular formula is C12H23NO. The van der Waals surface area contributed by atoms with Crippen LogP contribution in [-0.2, 0) is 4.79 Å². The molecule has 1 aliphatic heterocycles. The molecule has 0 bridgehead atoms. The van der Waals surface area contributed by atoms with E-state index in [4.69, 9.17) is 0 Å². The number of amides is 1. The van der Waals surface area contributed by atoms with Crippen molar-refractivity contribution in [3.8, 4) is 0 Å². The topological polar surface area (TPSA) is 29.1 Å². The van der Waals surface area contributed by atoms with Gasteiger partial charge in [0.15, 0.2) is 0 Å². The molecular weight excluding hydrogens is 174 g/mol. The third-order valence-electron chi connectivity index (χ3n) is 3.32. The first-order valence-corrected chi connectivity index (χ1v) is 5.97. The number of nitrogens with one attached hydrogen (secondary N) is 1. The second-order valence-corrected chi connectivity index (χ2v) is 4.73. The highest BCUT2D eigenvalue weighted by Crippen LogP contribution is 2.32. The Labute approximate surface area is 87.5 Å². The van der Waals surface area contributed by atoms with Gasteiger partial charge < -0.3 is 5.32 Å². The molecule has 1 saturated heterocycles. The summed E-state index contributed by atoms with van der Waals surface area (Å²) in [5, 5.41) is 3.02. The summed E-state index contributed by atoms with van der Waals surface area (Å²) in [6.45, 7) is 5.21. The van der Waals surface area contributed by atoms with Crippen LogP contribution < -0.4 is 5.32 Å². The van der Waals surface area contributed by atoms with E-state index in [2.05, 4.69) is 19.2 Å². The van der Waals surface area contributed by atoms with Gasteiger partial charge in [-0.1, -0.05) is 39.5 Å². The molecule has 0 aromatic carbocycles. The van der Waals surface area contributed by atoms with E-state index in [1.807, 2.05) is 0 Å². The van der Waals surface area contributed by atoms with E-state index in [9.17, 15) is 4.79 Å². The van der Waals surface area contributed by atoms with Crippen LogP contribution in [0.4, 0.5) is 0 Å². The number of rotatable bonds is 4. The van der Waals surface area contributed by atoms with Crippen molar-refractivity contribution in [2.24, 2.45) is 5.41 Å². The first kappa shape index (κ1) is 11.5. The van der Waals surface area contributed by atoms with Crippen molar-refractivity contribution in [3.05, 3.63) is 0 Å². The van der Waals surface area contributed by atoms with Gasteiger partial charge in [-0.3, -0.25) is 4.79 Å². The lowest BCUT2D eigenvalue weighted by Gasteiger charge is -2.25. The maximum absolute atomic E-state index is 11.8. The van der Waals surface area contributed by atoms with Crippen molar-refractivity contribution in [1.82, 2.24) is 5.32 Å². The molecule has 0 aromatic heterocycles. The molecule has 1 fully saturated rings. The molecule has 1 atom stereocenters. The molecule has 82 valence electrons. The SMILES string of the molecule is CCCCCC1(C)CCCCNC1=O. The summed E-state index contributed by atoms with van der Waals surface area (Å²) in [5.41, 5.74) is -0.0777. The average molecular weight is 197 g/mol. The molecule has 1 amide bonds. The third-order valence-corrected chi connectivity index (χ3v) is 3.32. The van der Waals surface area contributed by atoms with Gasteiger partial charge in [0.05, 0.1) is 0 Å². The lowest BCUT2D eigenvalue weighted by Crippen LogP contribution is -2.37. The van der Waals surface area contributed by atoms with Crippen LogP contribution in [-0.4, -0.2) is 12.5 Å². The molecule has 0 aliphatic carbocycles. The molecule has 14 heavy (non-hydrogen) atoms. The summed E-state index contributed by atoms with van der Waals surface area (Å²) in [6.07, 6.45) is 8.16. The van der Waals surface area contributed by atoms with Gasteiger partial charge in [-0.15, -0.1) is 0 Å². The third kappa shape index (κ3) is 3.00. The van der Waals surface area contributed by atoms with Gasteiger partial charge in [0.25, 0.3) is 0 Å². The zero-order valence-corrected chi connectivity index (χ0v) is 9.57. The Morgan fingerprint density at radius 2 is 2.14 bits per heavy atom. The Morgan fingerprint density at radius 1 is 1.36 bits per heavy atom. The Hall–Kier alpha value is -0.530. The van der Waals surface area contributed by atoms with Crippen LogP contribution in [0, 0.1) is 5.41 Å². The minimum absolute atomic E-state index is 0.0777. The van der Waals surface area contributed by atoms with E-state index in [0.717, 1.165) is 25.8 Å². The highest BCUT2D eigenvalue weighted by atomic mass is 16.2. The maximum Gasteiger partial charge on any atom is 0.225 e. The number of carbonyl (C=O) groups is 1. The Kier molecular flexibility index (Phi) is 4.43. The van der Waals surface area contributed by atoms with E-state index in [-0.39, 0.29) is 11.3 Å². The monoisotopic (exact) mass is 197 g/mol. The molecule has 0 spiro atoms. The van der Waals surface area contributed by atoms with E-state index in [0.29, 0.717) is 0 Å². The van der Waals surface area contributed by atoms with Crippen molar-refractivity contribution >= 4 is 5.91 Å². The zero-order valence-electron chi connectivity index (χ0n) is 9.57. The van der Waals surface area contributed by atoms with Gasteiger partial charge in [-0.25, -0.2) is 0 Å². The first-order valence-electron chi connectivity index (χ1n) is 5.97. The lowest BCUT2D eigenvalue weighted by molar-refractivity contribution is -0.130. The van der Waals surface area contributed by atoms with Gasteiger partial charge in [0.1, 0.15) is 0 Å². The Balaban J connectivity index is 2.45. The summed E-state index contributed by atoms with van der Waals surface area (Å²) < 4.78 is 0. The fourth-order valence-electron chi connectivity index (χ4n) is 2.17. The van der Waals surface area contributed by atoms with E-state index in [1.54, 1.807) is 0 Å². The average Bonchev–Trinajstić information content (AvgIpc) is 2.31. The summed E-state index contributed by atoms with van der Waals surface area (Å²) in [7, 11) is 0. The van der Waals surface area contributed by atoms with Gasteiger partial charge >= 0.3 is 0 Å². The standard InChI is InChI=1S/C12H23NO/c1-3-4-5-8-12(2)9-6-7-10-13-11(12)14/h3-10H2,1-2H3,(H,13,14). The highest BCUT2D eigenvalue weighted by Gasteiger charge is 2.33. The molecule has 1 unspecified atom stereocenters. The van der Waals surface area contributed by atoms with Crippen LogP contribution in [0.5, 0.6) is 0 Å². The van der Waals surface area contributed by atoms with Crippen molar-refractivity contribution in [3.63, 3.8) is 0 Å². The second-order valence-electron chi connectivity index (χ2n) is 4.73. The van der Waals surface area contributed by atoms with Crippen LogP contribution in [0.25, 0.3) is 0 Å². The molecule has 1 N–H and O–H groups in total. The molecule has 0 aromatic rings. The largest absolute Gasteiger partial charge is 0.356 e. The first-order chi connectivity index (χ1) is 6.69. The summed E-state index contributed by atoms with van der Waals surface area (Å²) in [5.74, 6) is 0.283. The van der Waals surface area contributed by atoms with Gasteiger partial charge in [-0.05, 0) is 19.3 Å². The minimum Gasteiger partial charge on any atom is -0.356 e. The highest BCUT2D eigenvalue weighted by molar-refractivity contribution is 5.82. The van der Waals surface area contributed by atoms with Gasteiger partial charge in [0.2, 0.25) is 5.91 Å². The molecule has 2 heteroatoms. The van der Waals surface area contributed by atoms with Crippen LogP contribution in [0.3, 0.4) is 0 Å². The molecule has 0 saturated carbocycles. The summed E-state index contributed by atoms with van der Waals surface area (Å²) >= 11 is 0. The van der Waals surface area contributed by atoms with Crippen molar-refractivity contribution in [2.45, 2.75) is 58.8 Å². The van der Waals surface area contributed by atoms with Gasteiger partial charge in [-0.2, -0.15) is 0 Å². The fraction of sp³-hybridized carbons (Fsp3) is 0.917. The summed E-state index contributed by atoms with van der Waals surface area (Å²) in [4.78, 5) is 11.8. The van der Waals surface area contributed by atoms with Crippen LogP contribution in [0.2, 0.25) is 0 Å². The molecule has 2 nitrogen and oxygen atoms in total. The van der Waals surface area contributed by atoms with Gasteiger partial charge in [0, 0.05) is 12.0 Å². The summed E-state index contributed by atoms with van der Waals surface area (Å²) in [6, 6.07) is 0. The van der Waals surface area contributed by atoms with E-state index < -0.39 is 0 Å². The molecule has 1 rings (SSSR count). The van der Waals surface area contributed by atoms with E-state index >= 15 is 0 Å². The smallest absolute Gasteiger partial charge is 0.225 e. The molecule has 0 radical (unpaired) electrons. The quantitative estimate of drug-likeness (QED) is 0.690. The number of hydrogen-bond donors (Lipinski definition) is 1. The maximum atomic E-state index is 11.8. The fourth-order valence-corrected chi connectivity index (χ4v) is 2.17. The van der Waals surface area contributed by atoms with Crippen LogP contribution in [0.15, 0.2) is 0 Å². The Morgan fingerprint density at radius 3 is 2.86 bits per heavy atom. The zero-order chi connectivity index (χ0) is 10.4. The van der Waals surface area contributed by atoms with Crippen molar-refractivity contribution in [1.29, 1.82) is 0 Å². The lowest BCUT2D eigenvalue weighted by atomic mass is 9.80. The predicted molar refractivity (Wildman–Crippen MR) is 59.1 cm³/mol. The predicted octanol–water partition coefficient (Wildman–Crippen LogP) is 2.87. The van der Waals surface area contributed by atoms with Crippen molar-refractivity contribution in [2.75, 3.05) is 6.54 Å². The number of hydrogen-bond acceptors (Lipinski definition) is 1.